The van der Waals surface area contributed by atoms with Crippen molar-refractivity contribution in [1.82, 2.24) is 0 Å². The molecule has 0 saturated heterocycles. The van der Waals surface area contributed by atoms with E-state index in [0.717, 1.165) is 12.8 Å². The van der Waals surface area contributed by atoms with Crippen molar-refractivity contribution in [3.63, 3.8) is 0 Å². The zero-order valence-corrected chi connectivity index (χ0v) is 6.69. The number of rotatable bonds is 0. The first-order valence-electron chi connectivity index (χ1n) is 4.39. The van der Waals surface area contributed by atoms with E-state index < -0.39 is 0 Å². The van der Waals surface area contributed by atoms with Gasteiger partial charge in [0.25, 0.3) is 0 Å². The summed E-state index contributed by atoms with van der Waals surface area (Å²) in [6.45, 7) is 0. The summed E-state index contributed by atoms with van der Waals surface area (Å²) in [5.41, 5.74) is -0.240. The van der Waals surface area contributed by atoms with Crippen LogP contribution in [0.5, 0.6) is 0 Å². The molecule has 3 rings (SSSR count). The standard InChI is InChI=1S/C10H10O2/c11-9-3-4-10(12-9)6-7-1-2-8(10)5-7/h1-4,7-8H,5-6H2/t7-,8+,10+/m0/s1. The second-order valence-electron chi connectivity index (χ2n) is 3.90. The Morgan fingerprint density at radius 2 is 2.42 bits per heavy atom. The lowest BCUT2D eigenvalue weighted by Gasteiger charge is -2.27. The van der Waals surface area contributed by atoms with E-state index in [2.05, 4.69) is 12.2 Å². The van der Waals surface area contributed by atoms with Gasteiger partial charge < -0.3 is 4.74 Å². The van der Waals surface area contributed by atoms with Crippen LogP contribution in [-0.2, 0) is 9.53 Å². The Morgan fingerprint density at radius 3 is 2.92 bits per heavy atom. The lowest BCUT2D eigenvalue weighted by molar-refractivity contribution is -0.147. The molecule has 2 aliphatic carbocycles. The molecule has 0 amide bonds. The molecule has 0 radical (unpaired) electrons. The van der Waals surface area contributed by atoms with E-state index in [1.54, 1.807) is 6.08 Å². The van der Waals surface area contributed by atoms with Gasteiger partial charge in [-0.3, -0.25) is 0 Å². The van der Waals surface area contributed by atoms with E-state index in [1.807, 2.05) is 6.08 Å². The lowest BCUT2D eigenvalue weighted by Crippen LogP contribution is -2.32. The number of carbonyl (C=O) groups is 1. The molecule has 3 atom stereocenters. The summed E-state index contributed by atoms with van der Waals surface area (Å²) in [7, 11) is 0. The maximum atomic E-state index is 10.9. The molecule has 1 heterocycles. The first-order chi connectivity index (χ1) is 5.78. The van der Waals surface area contributed by atoms with Crippen LogP contribution in [0, 0.1) is 11.8 Å². The molecule has 1 spiro atoms. The fraction of sp³-hybridized carbons (Fsp3) is 0.500. The summed E-state index contributed by atoms with van der Waals surface area (Å²) in [6.07, 6.45) is 10.1. The largest absolute Gasteiger partial charge is 0.451 e. The van der Waals surface area contributed by atoms with Gasteiger partial charge in [-0.25, -0.2) is 4.79 Å². The number of fused-ring (bicyclic) bond motifs is 3. The highest BCUT2D eigenvalue weighted by molar-refractivity contribution is 5.85. The highest BCUT2D eigenvalue weighted by Gasteiger charge is 2.51. The van der Waals surface area contributed by atoms with Crippen LogP contribution in [0.15, 0.2) is 24.3 Å². The normalized spacial score (nSPS) is 47.8. The maximum absolute atomic E-state index is 10.9. The van der Waals surface area contributed by atoms with Crippen LogP contribution in [0.3, 0.4) is 0 Å². The molecule has 1 fully saturated rings. The van der Waals surface area contributed by atoms with Crippen molar-refractivity contribution in [2.24, 2.45) is 11.8 Å². The quantitative estimate of drug-likeness (QED) is 0.398. The van der Waals surface area contributed by atoms with Gasteiger partial charge in [0.15, 0.2) is 0 Å². The molecule has 1 saturated carbocycles. The average Bonchev–Trinajstić information content (AvgIpc) is 2.67. The summed E-state index contributed by atoms with van der Waals surface area (Å²) < 4.78 is 5.34. The SMILES string of the molecule is O=C1C=C[C@]2(C[C@H]3C=C[C@@H]2C3)O1. The summed E-state index contributed by atoms with van der Waals surface area (Å²) in [5.74, 6) is 0.923. The zero-order valence-electron chi connectivity index (χ0n) is 6.69. The first-order valence-corrected chi connectivity index (χ1v) is 4.39. The Morgan fingerprint density at radius 1 is 1.50 bits per heavy atom. The Balaban J connectivity index is 2.00. The van der Waals surface area contributed by atoms with Crippen molar-refractivity contribution in [2.75, 3.05) is 0 Å². The second kappa shape index (κ2) is 1.82. The number of carbonyl (C=O) groups excluding carboxylic acids is 1. The van der Waals surface area contributed by atoms with Crippen LogP contribution in [0.25, 0.3) is 0 Å². The first kappa shape index (κ1) is 6.46. The van der Waals surface area contributed by atoms with Gasteiger partial charge in [0.1, 0.15) is 5.60 Å². The minimum absolute atomic E-state index is 0.170. The van der Waals surface area contributed by atoms with E-state index in [9.17, 15) is 4.79 Å². The predicted molar refractivity (Wildman–Crippen MR) is 43.3 cm³/mol. The van der Waals surface area contributed by atoms with Crippen molar-refractivity contribution in [3.8, 4) is 0 Å². The van der Waals surface area contributed by atoms with Gasteiger partial charge in [-0.15, -0.1) is 0 Å². The topological polar surface area (TPSA) is 26.3 Å². The molecule has 2 bridgehead atoms. The Labute approximate surface area is 70.9 Å². The van der Waals surface area contributed by atoms with Gasteiger partial charge in [0, 0.05) is 12.0 Å². The average molecular weight is 162 g/mol. The molecule has 12 heavy (non-hydrogen) atoms. The zero-order chi connectivity index (χ0) is 8.18. The van der Waals surface area contributed by atoms with Gasteiger partial charge in [0.05, 0.1) is 0 Å². The summed E-state index contributed by atoms with van der Waals surface area (Å²) >= 11 is 0. The second-order valence-corrected chi connectivity index (χ2v) is 3.90. The number of allylic oxidation sites excluding steroid dienone is 1. The third-order valence-electron chi connectivity index (χ3n) is 3.17. The van der Waals surface area contributed by atoms with Crippen molar-refractivity contribution in [2.45, 2.75) is 18.4 Å². The number of esters is 1. The highest BCUT2D eigenvalue weighted by Crippen LogP contribution is 2.50. The maximum Gasteiger partial charge on any atom is 0.331 e. The Kier molecular flexibility index (Phi) is 0.978. The van der Waals surface area contributed by atoms with Crippen LogP contribution in [0.2, 0.25) is 0 Å². The predicted octanol–water partition coefficient (Wildman–Crippen LogP) is 1.43. The van der Waals surface area contributed by atoms with Gasteiger partial charge in [-0.1, -0.05) is 12.2 Å². The van der Waals surface area contributed by atoms with Crippen molar-refractivity contribution < 1.29 is 9.53 Å². The van der Waals surface area contributed by atoms with E-state index in [4.69, 9.17) is 4.74 Å². The van der Waals surface area contributed by atoms with Gasteiger partial charge in [-0.05, 0) is 24.8 Å². The minimum Gasteiger partial charge on any atom is -0.451 e. The molecule has 0 aromatic carbocycles. The molecule has 1 aliphatic heterocycles. The van der Waals surface area contributed by atoms with Crippen LogP contribution in [0.4, 0.5) is 0 Å². The monoisotopic (exact) mass is 162 g/mol. The van der Waals surface area contributed by atoms with Crippen LogP contribution >= 0.6 is 0 Å². The molecular weight excluding hydrogens is 152 g/mol. The molecule has 2 nitrogen and oxygen atoms in total. The van der Waals surface area contributed by atoms with Crippen LogP contribution in [-0.4, -0.2) is 11.6 Å². The van der Waals surface area contributed by atoms with E-state index in [-0.39, 0.29) is 11.6 Å². The van der Waals surface area contributed by atoms with Crippen LogP contribution in [0.1, 0.15) is 12.8 Å². The molecule has 0 aromatic rings. The number of hydrogen-bond donors (Lipinski definition) is 0. The lowest BCUT2D eigenvalue weighted by atomic mass is 9.89. The molecule has 3 aliphatic rings. The van der Waals surface area contributed by atoms with Crippen molar-refractivity contribution >= 4 is 5.97 Å². The molecule has 0 N–H and O–H groups in total. The van der Waals surface area contributed by atoms with Gasteiger partial charge in [0.2, 0.25) is 0 Å². The Bertz CT molecular complexity index is 303. The third kappa shape index (κ3) is 0.631. The van der Waals surface area contributed by atoms with E-state index in [1.165, 1.54) is 0 Å². The molecule has 62 valence electrons. The smallest absolute Gasteiger partial charge is 0.331 e. The van der Waals surface area contributed by atoms with Gasteiger partial charge >= 0.3 is 5.97 Å². The minimum atomic E-state index is -0.240. The number of ether oxygens (including phenoxy) is 1. The molecule has 0 unspecified atom stereocenters. The summed E-state index contributed by atoms with van der Waals surface area (Å²) in [5, 5.41) is 0. The van der Waals surface area contributed by atoms with Crippen molar-refractivity contribution in [1.29, 1.82) is 0 Å². The summed E-state index contributed by atoms with van der Waals surface area (Å²) in [6, 6.07) is 0. The van der Waals surface area contributed by atoms with Gasteiger partial charge in [-0.2, -0.15) is 0 Å². The summed E-state index contributed by atoms with van der Waals surface area (Å²) in [4.78, 5) is 10.9. The molecule has 2 heteroatoms. The van der Waals surface area contributed by atoms with E-state index in [0.29, 0.717) is 11.8 Å². The van der Waals surface area contributed by atoms with E-state index >= 15 is 0 Å². The molecule has 0 aromatic heterocycles. The fourth-order valence-electron chi connectivity index (χ4n) is 2.62. The third-order valence-corrected chi connectivity index (χ3v) is 3.17. The molecular formula is C10H10O2. The van der Waals surface area contributed by atoms with Crippen LogP contribution < -0.4 is 0 Å². The Hall–Kier alpha value is -1.05. The fourth-order valence-corrected chi connectivity index (χ4v) is 2.62. The number of hydrogen-bond acceptors (Lipinski definition) is 2. The highest BCUT2D eigenvalue weighted by atomic mass is 16.6. The van der Waals surface area contributed by atoms with Crippen molar-refractivity contribution in [3.05, 3.63) is 24.3 Å².